The molecular formula is C22H27N3O4S. The number of hydrogen-bond donors (Lipinski definition) is 1. The molecule has 0 bridgehead atoms. The van der Waals surface area contributed by atoms with Crippen LogP contribution in [0.5, 0.6) is 11.6 Å². The number of carbonyl (C=O) groups excluding carboxylic acids is 1. The minimum atomic E-state index is -3.27. The molecule has 2 fully saturated rings. The van der Waals surface area contributed by atoms with Crippen LogP contribution in [-0.4, -0.2) is 36.6 Å². The van der Waals surface area contributed by atoms with Gasteiger partial charge in [0.1, 0.15) is 17.1 Å². The molecule has 1 N–H and O–H groups in total. The van der Waals surface area contributed by atoms with Crippen molar-refractivity contribution in [3.63, 3.8) is 0 Å². The van der Waals surface area contributed by atoms with Crippen molar-refractivity contribution in [2.45, 2.75) is 38.1 Å². The van der Waals surface area contributed by atoms with Gasteiger partial charge in [-0.05, 0) is 49.7 Å². The fourth-order valence-corrected chi connectivity index (χ4v) is 3.60. The monoisotopic (exact) mass is 429 g/mol. The maximum Gasteiger partial charge on any atom is 0.258 e. The Balaban J connectivity index is 0.00000272. The van der Waals surface area contributed by atoms with Crippen LogP contribution in [0.4, 0.5) is 0 Å². The van der Waals surface area contributed by atoms with Gasteiger partial charge in [0.05, 0.1) is 6.04 Å². The van der Waals surface area contributed by atoms with Crippen LogP contribution < -0.4 is 10.1 Å². The van der Waals surface area contributed by atoms with Gasteiger partial charge in [0.2, 0.25) is 5.88 Å². The van der Waals surface area contributed by atoms with Gasteiger partial charge in [0, 0.05) is 25.7 Å². The molecule has 1 heterocycles. The first-order valence-electron chi connectivity index (χ1n) is 10.2. The summed E-state index contributed by atoms with van der Waals surface area (Å²) in [7, 11) is -3.27. The lowest BCUT2D eigenvalue weighted by Gasteiger charge is -2.16. The van der Waals surface area contributed by atoms with E-state index in [9.17, 15) is 13.2 Å². The number of para-hydroxylation sites is 1. The van der Waals surface area contributed by atoms with Crippen molar-refractivity contribution < 1.29 is 19.4 Å². The zero-order chi connectivity index (χ0) is 21.1. The van der Waals surface area contributed by atoms with Crippen LogP contribution in [0.2, 0.25) is 0 Å². The van der Waals surface area contributed by atoms with Crippen LogP contribution in [0.25, 0.3) is 0 Å². The van der Waals surface area contributed by atoms with Crippen molar-refractivity contribution in [3.05, 3.63) is 59.4 Å². The largest absolute Gasteiger partial charge is 0.438 e. The zero-order valence-corrected chi connectivity index (χ0v) is 17.6. The molecule has 1 aromatic carbocycles. The van der Waals surface area contributed by atoms with E-state index in [2.05, 4.69) is 15.3 Å². The van der Waals surface area contributed by atoms with E-state index < -0.39 is 9.84 Å². The number of nitrogens with zero attached hydrogens (tertiary/aromatic N) is 2. The highest BCUT2D eigenvalue weighted by atomic mass is 32.2. The van der Waals surface area contributed by atoms with E-state index in [0.29, 0.717) is 17.5 Å². The van der Waals surface area contributed by atoms with Gasteiger partial charge in [-0.15, -0.1) is 0 Å². The number of aromatic nitrogens is 2. The zero-order valence-electron chi connectivity index (χ0n) is 16.8. The highest BCUT2D eigenvalue weighted by Gasteiger charge is 2.32. The van der Waals surface area contributed by atoms with Gasteiger partial charge in [-0.1, -0.05) is 24.3 Å². The molecule has 2 aliphatic carbocycles. The molecule has 1 aromatic heterocycles. The van der Waals surface area contributed by atoms with Crippen molar-refractivity contribution in [1.29, 1.82) is 0 Å². The van der Waals surface area contributed by atoms with Gasteiger partial charge >= 0.3 is 0 Å². The topological polar surface area (TPSA) is 98.2 Å². The molecule has 0 aliphatic heterocycles. The summed E-state index contributed by atoms with van der Waals surface area (Å²) < 4.78 is 28.9. The van der Waals surface area contributed by atoms with Gasteiger partial charge in [-0.2, -0.15) is 4.98 Å². The normalized spacial score (nSPS) is 17.6. The second-order valence-electron chi connectivity index (χ2n) is 8.06. The molecule has 160 valence electrons. The summed E-state index contributed by atoms with van der Waals surface area (Å²) in [6.07, 6.45) is 9.20. The van der Waals surface area contributed by atoms with Crippen LogP contribution in [0.15, 0.2) is 48.0 Å². The standard InChI is InChI=1S/C22H25N3O4S.H2/c1-30(27,28)12-11-19(16-9-10-16)24-21(26)18-14-23-20(13-15-7-8-15)25-22(18)29-17-5-3-2-4-6-17;/h2-6,11-12,14-16,19H,7-10,13H2,1H3,(H,24,26);1H/b12-11+;/t19-;/m1./s1. The molecular weight excluding hydrogens is 402 g/mol. The Hall–Kier alpha value is -2.74. The summed E-state index contributed by atoms with van der Waals surface area (Å²) in [5.41, 5.74) is 0.233. The fourth-order valence-electron chi connectivity index (χ4n) is 3.15. The molecule has 30 heavy (non-hydrogen) atoms. The SMILES string of the molecule is CS(=O)(=O)/C=C/[C@@H](NC(=O)c1cnc(CC2CC2)nc1Oc1ccccc1)C1CC1.[HH]. The van der Waals surface area contributed by atoms with Crippen LogP contribution >= 0.6 is 0 Å². The Morgan fingerprint density at radius 3 is 2.63 bits per heavy atom. The van der Waals surface area contributed by atoms with E-state index in [0.717, 1.165) is 30.9 Å². The number of hydrogen-bond acceptors (Lipinski definition) is 6. The van der Waals surface area contributed by atoms with E-state index >= 15 is 0 Å². The molecule has 0 saturated heterocycles. The first-order valence-corrected chi connectivity index (χ1v) is 12.1. The number of nitrogens with one attached hydrogen (secondary N) is 1. The van der Waals surface area contributed by atoms with Crippen LogP contribution in [-0.2, 0) is 16.3 Å². The lowest BCUT2D eigenvalue weighted by molar-refractivity contribution is 0.0937. The van der Waals surface area contributed by atoms with E-state index in [1.54, 1.807) is 18.2 Å². The number of ether oxygens (including phenoxy) is 1. The van der Waals surface area contributed by atoms with Crippen molar-refractivity contribution in [2.75, 3.05) is 6.26 Å². The summed E-state index contributed by atoms with van der Waals surface area (Å²) in [6.45, 7) is 0. The van der Waals surface area contributed by atoms with E-state index in [4.69, 9.17) is 4.74 Å². The van der Waals surface area contributed by atoms with Crippen LogP contribution in [0.1, 0.15) is 43.3 Å². The molecule has 1 atom stereocenters. The van der Waals surface area contributed by atoms with Crippen molar-refractivity contribution in [3.8, 4) is 11.6 Å². The van der Waals surface area contributed by atoms with Gasteiger partial charge < -0.3 is 10.1 Å². The highest BCUT2D eigenvalue weighted by Crippen LogP contribution is 2.34. The quantitative estimate of drug-likeness (QED) is 0.655. The Labute approximate surface area is 178 Å². The molecule has 0 unspecified atom stereocenters. The maximum absolute atomic E-state index is 13.0. The average Bonchev–Trinajstić information content (AvgIpc) is 3.60. The minimum absolute atomic E-state index is 0. The Morgan fingerprint density at radius 1 is 1.27 bits per heavy atom. The molecule has 7 nitrogen and oxygen atoms in total. The third-order valence-corrected chi connectivity index (χ3v) is 5.79. The molecule has 2 aliphatic rings. The summed E-state index contributed by atoms with van der Waals surface area (Å²) >= 11 is 0. The fraction of sp³-hybridized carbons (Fsp3) is 0.409. The van der Waals surface area contributed by atoms with Crippen molar-refractivity contribution in [1.82, 2.24) is 15.3 Å². The van der Waals surface area contributed by atoms with Gasteiger partial charge in [0.25, 0.3) is 5.91 Å². The molecule has 1 amide bonds. The smallest absolute Gasteiger partial charge is 0.258 e. The van der Waals surface area contributed by atoms with Crippen LogP contribution in [0, 0.1) is 11.8 Å². The van der Waals surface area contributed by atoms with Gasteiger partial charge in [0.15, 0.2) is 9.84 Å². The second kappa shape index (κ2) is 8.55. The van der Waals surface area contributed by atoms with E-state index in [-0.39, 0.29) is 30.7 Å². The average molecular weight is 430 g/mol. The third-order valence-electron chi connectivity index (χ3n) is 5.13. The predicted molar refractivity (Wildman–Crippen MR) is 115 cm³/mol. The summed E-state index contributed by atoms with van der Waals surface area (Å²) in [6, 6.07) is 8.81. The number of benzene rings is 1. The number of amides is 1. The summed E-state index contributed by atoms with van der Waals surface area (Å²) in [5, 5.41) is 4.06. The summed E-state index contributed by atoms with van der Waals surface area (Å²) in [4.78, 5) is 21.9. The number of carbonyl (C=O) groups is 1. The lowest BCUT2D eigenvalue weighted by Crippen LogP contribution is -2.35. The molecule has 2 aromatic rings. The Kier molecular flexibility index (Phi) is 5.85. The number of rotatable bonds is 9. The minimum Gasteiger partial charge on any atom is -0.438 e. The van der Waals surface area contributed by atoms with Crippen LogP contribution in [0.3, 0.4) is 0 Å². The molecule has 0 spiro atoms. The summed E-state index contributed by atoms with van der Waals surface area (Å²) in [5.74, 6) is 1.92. The first-order chi connectivity index (χ1) is 14.4. The third kappa shape index (κ3) is 5.89. The van der Waals surface area contributed by atoms with Gasteiger partial charge in [-0.25, -0.2) is 13.4 Å². The molecule has 0 radical (unpaired) electrons. The van der Waals surface area contributed by atoms with Gasteiger partial charge in [-0.3, -0.25) is 4.79 Å². The lowest BCUT2D eigenvalue weighted by atomic mass is 10.1. The highest BCUT2D eigenvalue weighted by molar-refractivity contribution is 7.93. The van der Waals surface area contributed by atoms with E-state index in [1.165, 1.54) is 19.0 Å². The second-order valence-corrected chi connectivity index (χ2v) is 9.99. The number of sulfone groups is 1. The van der Waals surface area contributed by atoms with Crippen molar-refractivity contribution in [2.24, 2.45) is 11.8 Å². The molecule has 8 heteroatoms. The van der Waals surface area contributed by atoms with Crippen molar-refractivity contribution >= 4 is 15.7 Å². The Bertz CT molecular complexity index is 1050. The predicted octanol–water partition coefficient (Wildman–Crippen LogP) is 3.53. The maximum atomic E-state index is 13.0. The van der Waals surface area contributed by atoms with E-state index in [1.807, 2.05) is 18.2 Å². The first kappa shape index (κ1) is 20.5. The Morgan fingerprint density at radius 2 is 2.00 bits per heavy atom. The molecule has 4 rings (SSSR count). The molecule has 2 saturated carbocycles.